The number of aliphatic hydroxyl groups is 1. The normalized spacial score (nSPS) is 11.3. The number of carbonyl (C=O) groups excluding carboxylic acids is 2. The zero-order valence-corrected chi connectivity index (χ0v) is 32.3. The van der Waals surface area contributed by atoms with Crippen LogP contribution in [-0.2, 0) is 60.5 Å². The number of hydrogen-bond acceptors (Lipinski definition) is 15. The molecule has 0 aliphatic rings. The number of carbonyl (C=O) groups is 2. The molecule has 2 aromatic carbocycles. The van der Waals surface area contributed by atoms with Crippen LogP contribution in [0.25, 0.3) is 6.08 Å². The summed E-state index contributed by atoms with van der Waals surface area (Å²) in [5.74, 6) is 0.258. The lowest BCUT2D eigenvalue weighted by atomic mass is 10.1. The standard InChI is InChI=1S/C39H58N2O15/c1-48-38-30-33(37(41(46)47)29-34(38)31-42)7-10-39(45)40-12-14-50-16-18-52-20-22-54-24-26-56-28-27-55-25-23-53-21-19-51-17-15-49-13-11-35(43)4-2-3-32-5-8-36(44)9-6-32/h5-10,29-30,42,44H,2-4,11-28,31H2,1H3,(H,40,45)/b10-7+. The Bertz CT molecular complexity index is 1390. The van der Waals surface area contributed by atoms with Crippen LogP contribution in [0.4, 0.5) is 5.69 Å². The van der Waals surface area contributed by atoms with Crippen LogP contribution in [-0.4, -0.2) is 146 Å². The highest BCUT2D eigenvalue weighted by Gasteiger charge is 2.17. The molecule has 0 atom stereocenters. The predicted octanol–water partition coefficient (Wildman–Crippen LogP) is 3.05. The number of nitro benzene ring substituents is 1. The van der Waals surface area contributed by atoms with Gasteiger partial charge in [0.2, 0.25) is 5.91 Å². The number of aliphatic hydroxyl groups excluding tert-OH is 1. The minimum atomic E-state index is -0.591. The minimum Gasteiger partial charge on any atom is -0.508 e. The molecule has 0 bridgehead atoms. The first-order valence-corrected chi connectivity index (χ1v) is 18.7. The molecule has 56 heavy (non-hydrogen) atoms. The van der Waals surface area contributed by atoms with E-state index in [0.29, 0.717) is 112 Å². The number of phenols is 1. The van der Waals surface area contributed by atoms with Crippen LogP contribution in [0.3, 0.4) is 0 Å². The first kappa shape index (κ1) is 48.1. The zero-order valence-electron chi connectivity index (χ0n) is 32.3. The van der Waals surface area contributed by atoms with Crippen LogP contribution < -0.4 is 10.1 Å². The van der Waals surface area contributed by atoms with Crippen molar-refractivity contribution in [3.63, 3.8) is 0 Å². The maximum absolute atomic E-state index is 12.1. The number of ether oxygens (including phenoxy) is 9. The van der Waals surface area contributed by atoms with Crippen molar-refractivity contribution in [3.8, 4) is 11.5 Å². The van der Waals surface area contributed by atoms with E-state index in [4.69, 9.17) is 42.6 Å². The number of aryl methyl sites for hydroxylation is 1. The van der Waals surface area contributed by atoms with Crippen LogP contribution in [0, 0.1) is 10.1 Å². The number of ketones is 1. The second-order valence-corrected chi connectivity index (χ2v) is 12.0. The molecular weight excluding hydrogens is 736 g/mol. The van der Waals surface area contributed by atoms with Crippen LogP contribution >= 0.6 is 0 Å². The quantitative estimate of drug-likeness (QED) is 0.0392. The number of benzene rings is 2. The van der Waals surface area contributed by atoms with Gasteiger partial charge in [0.25, 0.3) is 5.69 Å². The summed E-state index contributed by atoms with van der Waals surface area (Å²) in [6.07, 6.45) is 4.99. The lowest BCUT2D eigenvalue weighted by molar-refractivity contribution is -0.385. The van der Waals surface area contributed by atoms with E-state index in [0.717, 1.165) is 18.4 Å². The Morgan fingerprint density at radius 1 is 0.714 bits per heavy atom. The molecule has 17 heteroatoms. The molecule has 1 amide bonds. The number of phenolic OH excluding ortho intramolecular Hbond substituents is 1. The molecule has 0 saturated carbocycles. The number of amides is 1. The minimum absolute atomic E-state index is 0.172. The summed E-state index contributed by atoms with van der Waals surface area (Å²) in [4.78, 5) is 34.8. The van der Waals surface area contributed by atoms with Crippen LogP contribution in [0.15, 0.2) is 42.5 Å². The SMILES string of the molecule is COc1cc(/C=C/C(=O)NCCOCCOCCOCCOCCOCCOCCOCCOCCC(=O)CCCc2ccc(O)cc2)c([N+](=O)[O-])cc1CO. The number of nitrogens with one attached hydrogen (secondary N) is 1. The van der Waals surface area contributed by atoms with Crippen molar-refractivity contribution in [2.75, 3.05) is 119 Å². The summed E-state index contributed by atoms with van der Waals surface area (Å²) >= 11 is 0. The van der Waals surface area contributed by atoms with Gasteiger partial charge >= 0.3 is 0 Å². The molecule has 0 aliphatic heterocycles. The average molecular weight is 795 g/mol. The Balaban J connectivity index is 1.26. The van der Waals surface area contributed by atoms with E-state index in [1.54, 1.807) is 12.1 Å². The fourth-order valence-corrected chi connectivity index (χ4v) is 4.81. The van der Waals surface area contributed by atoms with E-state index in [-0.39, 0.29) is 47.2 Å². The molecule has 17 nitrogen and oxygen atoms in total. The molecule has 3 N–H and O–H groups in total. The molecule has 0 aromatic heterocycles. The van der Waals surface area contributed by atoms with E-state index in [2.05, 4.69) is 5.32 Å². The summed E-state index contributed by atoms with van der Waals surface area (Å²) in [6, 6.07) is 9.65. The Hall–Kier alpha value is -4.04. The summed E-state index contributed by atoms with van der Waals surface area (Å²) in [5, 5.41) is 32.7. The third-order valence-corrected chi connectivity index (χ3v) is 7.74. The number of nitrogens with zero attached hydrogens (tertiary/aromatic N) is 1. The molecule has 2 rings (SSSR count). The van der Waals surface area contributed by atoms with Gasteiger partial charge in [-0.25, -0.2) is 0 Å². The van der Waals surface area contributed by atoms with E-state index < -0.39 is 17.4 Å². The second-order valence-electron chi connectivity index (χ2n) is 12.0. The van der Waals surface area contributed by atoms with E-state index in [1.165, 1.54) is 31.4 Å². The lowest BCUT2D eigenvalue weighted by Gasteiger charge is -2.09. The molecule has 314 valence electrons. The van der Waals surface area contributed by atoms with Crippen molar-refractivity contribution >= 4 is 23.5 Å². The van der Waals surface area contributed by atoms with Gasteiger partial charge in [-0.3, -0.25) is 19.7 Å². The molecule has 0 saturated heterocycles. The average Bonchev–Trinajstić information content (AvgIpc) is 3.20. The van der Waals surface area contributed by atoms with Crippen molar-refractivity contribution in [2.24, 2.45) is 0 Å². The van der Waals surface area contributed by atoms with Crippen molar-refractivity contribution in [2.45, 2.75) is 32.3 Å². The van der Waals surface area contributed by atoms with Gasteiger partial charge in [0.1, 0.15) is 17.3 Å². The van der Waals surface area contributed by atoms with Crippen molar-refractivity contribution < 1.29 is 67.4 Å². The fraction of sp³-hybridized carbons (Fsp3) is 0.590. The number of nitro groups is 1. The van der Waals surface area contributed by atoms with E-state index >= 15 is 0 Å². The molecule has 0 aliphatic carbocycles. The summed E-state index contributed by atoms with van der Waals surface area (Å²) in [7, 11) is 1.39. The van der Waals surface area contributed by atoms with Crippen molar-refractivity contribution in [3.05, 3.63) is 69.3 Å². The van der Waals surface area contributed by atoms with Gasteiger partial charge in [-0.1, -0.05) is 12.1 Å². The summed E-state index contributed by atoms with van der Waals surface area (Å²) < 4.78 is 48.8. The molecule has 0 fully saturated rings. The van der Waals surface area contributed by atoms with Gasteiger partial charge in [0.05, 0.1) is 130 Å². The Labute approximate surface area is 328 Å². The highest BCUT2D eigenvalue weighted by atomic mass is 16.6. The van der Waals surface area contributed by atoms with Crippen molar-refractivity contribution in [1.29, 1.82) is 0 Å². The van der Waals surface area contributed by atoms with Gasteiger partial charge in [-0.2, -0.15) is 0 Å². The van der Waals surface area contributed by atoms with Gasteiger partial charge in [-0.05, 0) is 42.7 Å². The third kappa shape index (κ3) is 23.8. The highest BCUT2D eigenvalue weighted by molar-refractivity contribution is 5.92. The lowest BCUT2D eigenvalue weighted by Crippen LogP contribution is -2.26. The predicted molar refractivity (Wildman–Crippen MR) is 205 cm³/mol. The molecule has 0 unspecified atom stereocenters. The first-order chi connectivity index (χ1) is 27.3. The van der Waals surface area contributed by atoms with E-state index in [1.807, 2.05) is 12.1 Å². The van der Waals surface area contributed by atoms with E-state index in [9.17, 15) is 29.9 Å². The smallest absolute Gasteiger partial charge is 0.277 e. The zero-order chi connectivity index (χ0) is 40.5. The molecular formula is C39H58N2O15. The second kappa shape index (κ2) is 32.1. The summed E-state index contributed by atoms with van der Waals surface area (Å²) in [5.41, 5.74) is 1.30. The number of aromatic hydroxyl groups is 1. The molecule has 0 radical (unpaired) electrons. The van der Waals surface area contributed by atoms with Crippen LogP contribution in [0.2, 0.25) is 0 Å². The molecule has 0 spiro atoms. The fourth-order valence-electron chi connectivity index (χ4n) is 4.81. The maximum atomic E-state index is 12.1. The molecule has 0 heterocycles. The number of rotatable bonds is 36. The van der Waals surface area contributed by atoms with Crippen molar-refractivity contribution in [1.82, 2.24) is 5.32 Å². The summed E-state index contributed by atoms with van der Waals surface area (Å²) in [6.45, 7) is 6.40. The van der Waals surface area contributed by atoms with Gasteiger partial charge in [0, 0.05) is 37.1 Å². The number of Topliss-reactive ketones (excluding diaryl/α,β-unsaturated/α-hetero) is 1. The molecule has 2 aromatic rings. The Morgan fingerprint density at radius 3 is 1.66 bits per heavy atom. The third-order valence-electron chi connectivity index (χ3n) is 7.74. The monoisotopic (exact) mass is 794 g/mol. The first-order valence-electron chi connectivity index (χ1n) is 18.7. The highest BCUT2D eigenvalue weighted by Crippen LogP contribution is 2.29. The number of methoxy groups -OCH3 is 1. The van der Waals surface area contributed by atoms with Gasteiger partial charge in [-0.15, -0.1) is 0 Å². The maximum Gasteiger partial charge on any atom is 0.277 e. The van der Waals surface area contributed by atoms with Gasteiger partial charge < -0.3 is 58.2 Å². The van der Waals surface area contributed by atoms with Crippen LogP contribution in [0.5, 0.6) is 11.5 Å². The number of hydrogen-bond donors (Lipinski definition) is 3. The largest absolute Gasteiger partial charge is 0.508 e. The Kier molecular flexibility index (Phi) is 27.6. The topological polar surface area (TPSA) is 213 Å². The Morgan fingerprint density at radius 2 is 1.20 bits per heavy atom. The van der Waals surface area contributed by atoms with Crippen LogP contribution in [0.1, 0.15) is 36.0 Å². The van der Waals surface area contributed by atoms with Gasteiger partial charge in [0.15, 0.2) is 0 Å².